The van der Waals surface area contributed by atoms with Crippen molar-refractivity contribution >= 4 is 34.3 Å². The number of aliphatic imine (C=N–C) groups is 1. The lowest BCUT2D eigenvalue weighted by atomic mass is 10.2. The second-order valence-corrected chi connectivity index (χ2v) is 5.08. The Morgan fingerprint density at radius 1 is 1.81 bits per heavy atom. The lowest BCUT2D eigenvalue weighted by molar-refractivity contribution is -0.125. The van der Waals surface area contributed by atoms with E-state index in [1.807, 2.05) is 26.0 Å². The Bertz CT molecular complexity index is 314. The summed E-state index contributed by atoms with van der Waals surface area (Å²) in [5.74, 6) is 0.841. The molecular formula is C11H18IN3O. The van der Waals surface area contributed by atoms with Gasteiger partial charge in [0.25, 0.3) is 0 Å². The van der Waals surface area contributed by atoms with Crippen LogP contribution in [-0.2, 0) is 4.79 Å². The second-order valence-electron chi connectivity index (χ2n) is 3.80. The van der Waals surface area contributed by atoms with Crippen LogP contribution in [0.2, 0.25) is 0 Å². The summed E-state index contributed by atoms with van der Waals surface area (Å²) in [4.78, 5) is 17.9. The van der Waals surface area contributed by atoms with Gasteiger partial charge in [0.2, 0.25) is 5.91 Å². The van der Waals surface area contributed by atoms with Crippen molar-refractivity contribution in [2.75, 3.05) is 6.54 Å². The fourth-order valence-electron chi connectivity index (χ4n) is 1.78. The first-order valence-corrected chi connectivity index (χ1v) is 6.70. The summed E-state index contributed by atoms with van der Waals surface area (Å²) in [7, 11) is 0. The van der Waals surface area contributed by atoms with E-state index >= 15 is 0 Å². The molecule has 0 aliphatic carbocycles. The highest BCUT2D eigenvalue weighted by Crippen LogP contribution is 2.19. The maximum absolute atomic E-state index is 11.7. The van der Waals surface area contributed by atoms with Gasteiger partial charge in [0.1, 0.15) is 9.88 Å². The molecule has 0 radical (unpaired) electrons. The number of hydrogen-bond acceptors (Lipinski definition) is 3. The first kappa shape index (κ1) is 13.6. The molecule has 1 heterocycles. The number of likely N-dealkylation sites (tertiary alicyclic amines) is 1. The van der Waals surface area contributed by atoms with Crippen molar-refractivity contribution in [3.05, 3.63) is 12.2 Å². The highest BCUT2D eigenvalue weighted by molar-refractivity contribution is 14.1. The van der Waals surface area contributed by atoms with Crippen LogP contribution in [0.15, 0.2) is 17.1 Å². The van der Waals surface area contributed by atoms with E-state index < -0.39 is 0 Å². The predicted molar refractivity (Wildman–Crippen MR) is 74.7 cm³/mol. The van der Waals surface area contributed by atoms with Crippen LogP contribution in [0.3, 0.4) is 0 Å². The first-order valence-electron chi connectivity index (χ1n) is 5.45. The summed E-state index contributed by atoms with van der Waals surface area (Å²) in [5.41, 5.74) is 5.67. The first-order chi connectivity index (χ1) is 7.60. The van der Waals surface area contributed by atoms with Crippen LogP contribution < -0.4 is 5.73 Å². The van der Waals surface area contributed by atoms with Crippen molar-refractivity contribution in [3.63, 3.8) is 0 Å². The molecule has 1 rings (SSSR count). The fourth-order valence-corrected chi connectivity index (χ4v) is 2.52. The summed E-state index contributed by atoms with van der Waals surface area (Å²) in [6.07, 6.45) is 5.43. The molecular weight excluding hydrogens is 317 g/mol. The third-order valence-electron chi connectivity index (χ3n) is 2.57. The summed E-state index contributed by atoms with van der Waals surface area (Å²) >= 11 is 2.21. The van der Waals surface area contributed by atoms with Crippen molar-refractivity contribution < 1.29 is 4.79 Å². The van der Waals surface area contributed by atoms with E-state index in [0.29, 0.717) is 18.8 Å². The molecule has 0 aromatic carbocycles. The molecule has 5 heteroatoms. The third kappa shape index (κ3) is 3.28. The second kappa shape index (κ2) is 6.34. The molecule has 2 atom stereocenters. The summed E-state index contributed by atoms with van der Waals surface area (Å²) in [6.45, 7) is 4.30. The number of hydrogen-bond donors (Lipinski definition) is 1. The molecule has 0 saturated carbocycles. The molecule has 16 heavy (non-hydrogen) atoms. The molecule has 2 N–H and O–H groups in total. The Labute approximate surface area is 110 Å². The molecule has 1 fully saturated rings. The van der Waals surface area contributed by atoms with Gasteiger partial charge >= 0.3 is 0 Å². The predicted octanol–water partition coefficient (Wildman–Crippen LogP) is 1.69. The molecule has 4 nitrogen and oxygen atoms in total. The quantitative estimate of drug-likeness (QED) is 0.213. The molecule has 90 valence electrons. The lowest BCUT2D eigenvalue weighted by Gasteiger charge is -2.23. The van der Waals surface area contributed by atoms with Gasteiger partial charge in [-0.25, -0.2) is 0 Å². The van der Waals surface area contributed by atoms with Gasteiger partial charge in [-0.1, -0.05) is 34.7 Å². The van der Waals surface area contributed by atoms with Gasteiger partial charge in [-0.05, 0) is 20.3 Å². The van der Waals surface area contributed by atoms with Crippen molar-refractivity contribution in [1.29, 1.82) is 0 Å². The number of allylic oxidation sites excluding steroid dienone is 1. The van der Waals surface area contributed by atoms with Gasteiger partial charge < -0.3 is 5.73 Å². The summed E-state index contributed by atoms with van der Waals surface area (Å²) < 4.78 is 0.0433. The zero-order valence-corrected chi connectivity index (χ0v) is 11.8. The molecule has 1 unspecified atom stereocenters. The van der Waals surface area contributed by atoms with Crippen LogP contribution in [0.25, 0.3) is 0 Å². The SMILES string of the molecule is C/C=C/C(I)/N=C(\CN)N1C(=O)CC[C@@H]1C. The van der Waals surface area contributed by atoms with E-state index in [1.165, 1.54) is 0 Å². The normalized spacial score (nSPS) is 24.5. The zero-order valence-electron chi connectivity index (χ0n) is 9.69. The number of nitrogens with zero attached hydrogens (tertiary/aromatic N) is 2. The number of alkyl halides is 1. The van der Waals surface area contributed by atoms with E-state index in [4.69, 9.17) is 5.73 Å². The molecule has 0 aromatic heterocycles. The van der Waals surface area contributed by atoms with Crippen LogP contribution in [0, 0.1) is 0 Å². The van der Waals surface area contributed by atoms with Crippen molar-refractivity contribution in [2.45, 2.75) is 36.8 Å². The van der Waals surface area contributed by atoms with Crippen LogP contribution in [0.4, 0.5) is 0 Å². The Hall–Kier alpha value is -0.430. The average molecular weight is 335 g/mol. The monoisotopic (exact) mass is 335 g/mol. The maximum atomic E-state index is 11.7. The summed E-state index contributed by atoms with van der Waals surface area (Å²) in [5, 5.41) is 0. The van der Waals surface area contributed by atoms with Crippen molar-refractivity contribution in [2.24, 2.45) is 10.7 Å². The minimum absolute atomic E-state index is 0.0433. The number of halogens is 1. The molecule has 1 aliphatic rings. The van der Waals surface area contributed by atoms with Gasteiger partial charge in [-0.3, -0.25) is 14.7 Å². The van der Waals surface area contributed by atoms with E-state index in [1.54, 1.807) is 4.90 Å². The van der Waals surface area contributed by atoms with Crippen LogP contribution in [0.1, 0.15) is 26.7 Å². The number of amidine groups is 1. The van der Waals surface area contributed by atoms with Gasteiger partial charge in [0.15, 0.2) is 0 Å². The lowest BCUT2D eigenvalue weighted by Crippen LogP contribution is -2.41. The molecule has 0 spiro atoms. The number of carbonyl (C=O) groups is 1. The van der Waals surface area contributed by atoms with E-state index in [0.717, 1.165) is 6.42 Å². The van der Waals surface area contributed by atoms with E-state index in [2.05, 4.69) is 27.6 Å². The molecule has 1 amide bonds. The van der Waals surface area contributed by atoms with Crippen LogP contribution >= 0.6 is 22.6 Å². The molecule has 1 aliphatic heterocycles. The van der Waals surface area contributed by atoms with Crippen LogP contribution in [-0.4, -0.2) is 33.3 Å². The Kier molecular flexibility index (Phi) is 5.40. The number of nitrogens with two attached hydrogens (primary N) is 1. The smallest absolute Gasteiger partial charge is 0.228 e. The average Bonchev–Trinajstić information content (AvgIpc) is 2.56. The van der Waals surface area contributed by atoms with Gasteiger partial charge in [0, 0.05) is 12.5 Å². The number of rotatable bonds is 3. The van der Waals surface area contributed by atoms with E-state index in [9.17, 15) is 4.79 Å². The fraction of sp³-hybridized carbons (Fsp3) is 0.636. The highest BCUT2D eigenvalue weighted by atomic mass is 127. The number of carbonyl (C=O) groups excluding carboxylic acids is 1. The largest absolute Gasteiger partial charge is 0.324 e. The standard InChI is InChI=1S/C11H18IN3O/c1-3-4-9(12)14-10(7-13)15-8(2)5-6-11(15)16/h3-4,8-9H,5-7,13H2,1-2H3/b4-3+,14-10+/t8-,9?/m0/s1. The minimum atomic E-state index is 0.0433. The Morgan fingerprint density at radius 3 is 2.94 bits per heavy atom. The molecule has 1 saturated heterocycles. The van der Waals surface area contributed by atoms with Gasteiger partial charge in [-0.2, -0.15) is 0 Å². The Balaban J connectivity index is 2.84. The molecule has 0 aromatic rings. The van der Waals surface area contributed by atoms with Gasteiger partial charge in [0.05, 0.1) is 6.54 Å². The minimum Gasteiger partial charge on any atom is -0.324 e. The zero-order chi connectivity index (χ0) is 12.1. The van der Waals surface area contributed by atoms with Gasteiger partial charge in [-0.15, -0.1) is 0 Å². The van der Waals surface area contributed by atoms with Crippen molar-refractivity contribution in [1.82, 2.24) is 4.90 Å². The van der Waals surface area contributed by atoms with Crippen LogP contribution in [0.5, 0.6) is 0 Å². The van der Waals surface area contributed by atoms with Crippen molar-refractivity contribution in [3.8, 4) is 0 Å². The Morgan fingerprint density at radius 2 is 2.50 bits per heavy atom. The summed E-state index contributed by atoms with van der Waals surface area (Å²) in [6, 6.07) is 0.226. The number of amides is 1. The maximum Gasteiger partial charge on any atom is 0.228 e. The molecule has 0 bridgehead atoms. The van der Waals surface area contributed by atoms with E-state index in [-0.39, 0.29) is 16.0 Å². The highest BCUT2D eigenvalue weighted by Gasteiger charge is 2.30. The topological polar surface area (TPSA) is 58.7 Å². The third-order valence-corrected chi connectivity index (χ3v) is 3.26.